The van der Waals surface area contributed by atoms with E-state index in [0.717, 1.165) is 0 Å². The Morgan fingerprint density at radius 1 is 1.20 bits per heavy atom. The van der Waals surface area contributed by atoms with E-state index in [1.165, 1.54) is 17.8 Å². The van der Waals surface area contributed by atoms with Gasteiger partial charge in [-0.2, -0.15) is 0 Å². The summed E-state index contributed by atoms with van der Waals surface area (Å²) in [6.45, 7) is 1.74. The summed E-state index contributed by atoms with van der Waals surface area (Å²) in [5, 5.41) is 2.98. The van der Waals surface area contributed by atoms with Crippen LogP contribution in [0.15, 0.2) is 53.4 Å². The van der Waals surface area contributed by atoms with Crippen LogP contribution in [0.2, 0.25) is 5.02 Å². The minimum atomic E-state index is -0.400. The zero-order valence-corrected chi connectivity index (χ0v) is 12.3. The Bertz CT molecular complexity index is 603. The Kier molecular flexibility index (Phi) is 5.04. The van der Waals surface area contributed by atoms with E-state index < -0.39 is 5.25 Å². The average molecular weight is 310 g/mol. The van der Waals surface area contributed by atoms with Gasteiger partial charge in [-0.1, -0.05) is 23.7 Å². The third-order valence-corrected chi connectivity index (χ3v) is 4.03. The minimum Gasteiger partial charge on any atom is -0.325 e. The lowest BCUT2D eigenvalue weighted by Gasteiger charge is -2.12. The molecule has 0 radical (unpaired) electrons. The van der Waals surface area contributed by atoms with Crippen LogP contribution in [0.1, 0.15) is 6.92 Å². The molecule has 2 aromatic rings. The SMILES string of the molecule is CC(Sc1ccccc1F)C(=O)Nc1ccc(Cl)cc1. The fourth-order valence-corrected chi connectivity index (χ4v) is 2.57. The third kappa shape index (κ3) is 3.99. The molecule has 2 aromatic carbocycles. The normalized spacial score (nSPS) is 11.9. The Labute approximate surface area is 126 Å². The number of thioether (sulfide) groups is 1. The highest BCUT2D eigenvalue weighted by Gasteiger charge is 2.16. The molecule has 104 valence electrons. The van der Waals surface area contributed by atoms with Gasteiger partial charge in [-0.15, -0.1) is 11.8 Å². The standard InChI is InChI=1S/C15H13ClFNOS/c1-10(20-14-5-3-2-4-13(14)17)15(19)18-12-8-6-11(16)7-9-12/h2-10H,1H3,(H,18,19). The molecule has 0 fully saturated rings. The van der Waals surface area contributed by atoms with Gasteiger partial charge in [-0.3, -0.25) is 4.79 Å². The maximum Gasteiger partial charge on any atom is 0.237 e. The summed E-state index contributed by atoms with van der Waals surface area (Å²) in [5.41, 5.74) is 0.667. The molecular weight excluding hydrogens is 297 g/mol. The highest BCUT2D eigenvalue weighted by Crippen LogP contribution is 2.26. The lowest BCUT2D eigenvalue weighted by Crippen LogP contribution is -2.22. The number of rotatable bonds is 4. The van der Waals surface area contributed by atoms with E-state index in [1.54, 1.807) is 49.4 Å². The molecule has 5 heteroatoms. The number of carbonyl (C=O) groups is 1. The number of hydrogen-bond donors (Lipinski definition) is 1. The van der Waals surface area contributed by atoms with E-state index in [4.69, 9.17) is 11.6 Å². The van der Waals surface area contributed by atoms with Crippen LogP contribution in [0.25, 0.3) is 0 Å². The van der Waals surface area contributed by atoms with Gasteiger partial charge in [0.1, 0.15) is 5.82 Å². The van der Waals surface area contributed by atoms with Crippen molar-refractivity contribution in [3.8, 4) is 0 Å². The van der Waals surface area contributed by atoms with Crippen molar-refractivity contribution < 1.29 is 9.18 Å². The largest absolute Gasteiger partial charge is 0.325 e. The van der Waals surface area contributed by atoms with Crippen LogP contribution in [0.3, 0.4) is 0 Å². The van der Waals surface area contributed by atoms with Gasteiger partial charge in [-0.25, -0.2) is 4.39 Å². The molecule has 0 aliphatic heterocycles. The first-order valence-electron chi connectivity index (χ1n) is 6.04. The molecule has 0 saturated heterocycles. The van der Waals surface area contributed by atoms with E-state index in [9.17, 15) is 9.18 Å². The second kappa shape index (κ2) is 6.77. The molecule has 0 spiro atoms. The quantitative estimate of drug-likeness (QED) is 0.836. The van der Waals surface area contributed by atoms with E-state index in [2.05, 4.69) is 5.32 Å². The number of anilines is 1. The van der Waals surface area contributed by atoms with Crippen molar-refractivity contribution in [1.82, 2.24) is 0 Å². The molecule has 0 bridgehead atoms. The lowest BCUT2D eigenvalue weighted by molar-refractivity contribution is -0.115. The first-order valence-corrected chi connectivity index (χ1v) is 7.29. The fraction of sp³-hybridized carbons (Fsp3) is 0.133. The number of benzene rings is 2. The topological polar surface area (TPSA) is 29.1 Å². The number of nitrogens with one attached hydrogen (secondary N) is 1. The van der Waals surface area contributed by atoms with Crippen LogP contribution < -0.4 is 5.32 Å². The van der Waals surface area contributed by atoms with Crippen LogP contribution in [-0.2, 0) is 4.79 Å². The molecule has 1 amide bonds. The number of carbonyl (C=O) groups excluding carboxylic acids is 1. The molecule has 0 aliphatic rings. The van der Waals surface area contributed by atoms with Crippen molar-refractivity contribution in [3.63, 3.8) is 0 Å². The first-order chi connectivity index (χ1) is 9.56. The molecule has 0 aromatic heterocycles. The second-order valence-corrected chi connectivity index (χ2v) is 6.01. The van der Waals surface area contributed by atoms with Crippen molar-refractivity contribution in [1.29, 1.82) is 0 Å². The summed E-state index contributed by atoms with van der Waals surface area (Å²) in [6, 6.07) is 13.3. The van der Waals surface area contributed by atoms with E-state index in [0.29, 0.717) is 15.6 Å². The van der Waals surface area contributed by atoms with Gasteiger partial charge in [0.15, 0.2) is 0 Å². The molecule has 0 heterocycles. The highest BCUT2D eigenvalue weighted by atomic mass is 35.5. The summed E-state index contributed by atoms with van der Waals surface area (Å²) in [5.74, 6) is -0.496. The van der Waals surface area contributed by atoms with Gasteiger partial charge < -0.3 is 5.32 Å². The Morgan fingerprint density at radius 3 is 2.50 bits per heavy atom. The maximum atomic E-state index is 13.5. The maximum absolute atomic E-state index is 13.5. The molecule has 0 aliphatic carbocycles. The third-order valence-electron chi connectivity index (χ3n) is 2.62. The van der Waals surface area contributed by atoms with E-state index in [1.807, 2.05) is 0 Å². The molecule has 1 N–H and O–H groups in total. The fourth-order valence-electron chi connectivity index (χ4n) is 1.56. The molecule has 0 saturated carbocycles. The summed E-state index contributed by atoms with van der Waals surface area (Å²) >= 11 is 6.96. The average Bonchev–Trinajstić information content (AvgIpc) is 2.44. The van der Waals surface area contributed by atoms with Crippen LogP contribution in [0.5, 0.6) is 0 Å². The first kappa shape index (κ1) is 14.9. The molecular formula is C15H13ClFNOS. The Balaban J connectivity index is 1.99. The zero-order valence-electron chi connectivity index (χ0n) is 10.8. The van der Waals surface area contributed by atoms with E-state index >= 15 is 0 Å². The number of halogens is 2. The predicted molar refractivity (Wildman–Crippen MR) is 81.8 cm³/mol. The minimum absolute atomic E-state index is 0.180. The van der Waals surface area contributed by atoms with Crippen LogP contribution in [0, 0.1) is 5.82 Å². The summed E-state index contributed by atoms with van der Waals surface area (Å²) in [4.78, 5) is 12.5. The monoisotopic (exact) mass is 309 g/mol. The molecule has 2 rings (SSSR count). The zero-order chi connectivity index (χ0) is 14.5. The van der Waals surface area contributed by atoms with Gasteiger partial charge in [0.05, 0.1) is 5.25 Å². The van der Waals surface area contributed by atoms with Gasteiger partial charge >= 0.3 is 0 Å². The lowest BCUT2D eigenvalue weighted by atomic mass is 10.3. The van der Waals surface area contributed by atoms with Crippen molar-refractivity contribution >= 4 is 35.0 Å². The van der Waals surface area contributed by atoms with Gasteiger partial charge in [0.25, 0.3) is 0 Å². The van der Waals surface area contributed by atoms with Crippen molar-refractivity contribution in [2.75, 3.05) is 5.32 Å². The van der Waals surface area contributed by atoms with Crippen molar-refractivity contribution in [2.45, 2.75) is 17.1 Å². The number of hydrogen-bond acceptors (Lipinski definition) is 2. The van der Waals surface area contributed by atoms with Crippen molar-refractivity contribution in [2.24, 2.45) is 0 Å². The second-order valence-electron chi connectivity index (χ2n) is 4.19. The molecule has 20 heavy (non-hydrogen) atoms. The van der Waals surface area contributed by atoms with Gasteiger partial charge in [0, 0.05) is 15.6 Å². The number of amides is 1. The molecule has 2 nitrogen and oxygen atoms in total. The Morgan fingerprint density at radius 2 is 1.85 bits per heavy atom. The predicted octanol–water partition coefficient (Wildman–Crippen LogP) is 4.60. The smallest absolute Gasteiger partial charge is 0.237 e. The van der Waals surface area contributed by atoms with Gasteiger partial charge in [0.2, 0.25) is 5.91 Å². The highest BCUT2D eigenvalue weighted by molar-refractivity contribution is 8.00. The summed E-state index contributed by atoms with van der Waals surface area (Å²) < 4.78 is 13.5. The Hall–Kier alpha value is -1.52. The summed E-state index contributed by atoms with van der Waals surface area (Å²) in [7, 11) is 0. The van der Waals surface area contributed by atoms with Gasteiger partial charge in [-0.05, 0) is 43.3 Å². The van der Waals surface area contributed by atoms with Crippen LogP contribution >= 0.6 is 23.4 Å². The summed E-state index contributed by atoms with van der Waals surface area (Å²) in [6.07, 6.45) is 0. The molecule has 1 atom stereocenters. The molecule has 1 unspecified atom stereocenters. The van der Waals surface area contributed by atoms with Crippen LogP contribution in [-0.4, -0.2) is 11.2 Å². The van der Waals surface area contributed by atoms with Crippen LogP contribution in [0.4, 0.5) is 10.1 Å². The van der Waals surface area contributed by atoms with Crippen molar-refractivity contribution in [3.05, 3.63) is 59.4 Å². The van der Waals surface area contributed by atoms with E-state index in [-0.39, 0.29) is 11.7 Å².